The summed E-state index contributed by atoms with van der Waals surface area (Å²) < 4.78 is 0. The molecule has 0 saturated carbocycles. The number of nitrogens with two attached hydrogens (primary N) is 1. The molecule has 0 heterocycles. The summed E-state index contributed by atoms with van der Waals surface area (Å²) in [5.41, 5.74) is 7.95. The molecule has 0 aliphatic carbocycles. The number of likely N-dealkylation sites (N-methyl/N-ethyl adjacent to an activating group) is 1. The normalized spacial score (nSPS) is 11.6. The molecule has 1 atom stereocenters. The van der Waals surface area contributed by atoms with E-state index in [9.17, 15) is 4.79 Å². The fraction of sp³-hybridized carbons (Fsp3) is 0.533. The highest BCUT2D eigenvalue weighted by atomic mass is 35.5. The Balaban J connectivity index is 0.00000324. The Morgan fingerprint density at radius 3 is 2.42 bits per heavy atom. The second kappa shape index (κ2) is 8.94. The van der Waals surface area contributed by atoms with E-state index in [1.165, 1.54) is 11.1 Å². The van der Waals surface area contributed by atoms with Crippen LogP contribution in [0, 0.1) is 6.92 Å². The Labute approximate surface area is 122 Å². The first-order valence-corrected chi connectivity index (χ1v) is 6.56. The number of nitrogens with zero attached hydrogens (tertiary/aromatic N) is 1. The predicted octanol–water partition coefficient (Wildman–Crippen LogP) is 2.55. The molecule has 0 aliphatic rings. The molecule has 1 aromatic rings. The van der Waals surface area contributed by atoms with E-state index >= 15 is 0 Å². The molecule has 19 heavy (non-hydrogen) atoms. The maximum Gasteiger partial charge on any atom is 0.222 e. The van der Waals surface area contributed by atoms with E-state index in [4.69, 9.17) is 5.73 Å². The lowest BCUT2D eigenvalue weighted by atomic mass is 10.0. The molecule has 0 aromatic heterocycles. The van der Waals surface area contributed by atoms with Gasteiger partial charge in [0.15, 0.2) is 0 Å². The summed E-state index contributed by atoms with van der Waals surface area (Å²) >= 11 is 0. The molecule has 108 valence electrons. The minimum Gasteiger partial charge on any atom is -0.343 e. The van der Waals surface area contributed by atoms with Gasteiger partial charge in [-0.05, 0) is 38.8 Å². The standard InChI is InChI=1S/C15H24N2O.ClH/c1-12-6-8-14(9-7-12)11-13(2)17(3)15(18)5-4-10-16;/h6-9,13H,4-5,10-11,16H2,1-3H3;1H. The number of hydrogen-bond acceptors (Lipinski definition) is 2. The topological polar surface area (TPSA) is 46.3 Å². The van der Waals surface area contributed by atoms with E-state index in [2.05, 4.69) is 38.1 Å². The summed E-state index contributed by atoms with van der Waals surface area (Å²) in [6.45, 7) is 4.74. The van der Waals surface area contributed by atoms with Gasteiger partial charge in [0.1, 0.15) is 0 Å². The zero-order chi connectivity index (χ0) is 13.5. The van der Waals surface area contributed by atoms with E-state index in [1.807, 2.05) is 11.9 Å². The van der Waals surface area contributed by atoms with Crippen molar-refractivity contribution < 1.29 is 4.79 Å². The smallest absolute Gasteiger partial charge is 0.222 e. The molecule has 0 fully saturated rings. The second-order valence-electron chi connectivity index (χ2n) is 4.94. The lowest BCUT2D eigenvalue weighted by Crippen LogP contribution is -2.36. The highest BCUT2D eigenvalue weighted by Crippen LogP contribution is 2.10. The highest BCUT2D eigenvalue weighted by molar-refractivity contribution is 5.85. The Kier molecular flexibility index (Phi) is 8.44. The number of hydrogen-bond donors (Lipinski definition) is 1. The third-order valence-corrected chi connectivity index (χ3v) is 3.30. The van der Waals surface area contributed by atoms with E-state index in [0.29, 0.717) is 13.0 Å². The Morgan fingerprint density at radius 2 is 1.89 bits per heavy atom. The van der Waals surface area contributed by atoms with Crippen molar-refractivity contribution >= 4 is 18.3 Å². The number of aryl methyl sites for hydroxylation is 1. The van der Waals surface area contributed by atoms with Crippen LogP contribution in [0.3, 0.4) is 0 Å². The van der Waals surface area contributed by atoms with Gasteiger partial charge in [0.05, 0.1) is 0 Å². The van der Waals surface area contributed by atoms with Crippen LogP contribution in [0.4, 0.5) is 0 Å². The largest absolute Gasteiger partial charge is 0.343 e. The van der Waals surface area contributed by atoms with Crippen LogP contribution in [0.5, 0.6) is 0 Å². The van der Waals surface area contributed by atoms with Gasteiger partial charge in [-0.3, -0.25) is 4.79 Å². The molecular weight excluding hydrogens is 260 g/mol. The molecule has 0 bridgehead atoms. The van der Waals surface area contributed by atoms with Gasteiger partial charge in [0, 0.05) is 19.5 Å². The maximum absolute atomic E-state index is 11.9. The summed E-state index contributed by atoms with van der Waals surface area (Å²) in [4.78, 5) is 13.7. The van der Waals surface area contributed by atoms with E-state index < -0.39 is 0 Å². The number of carbonyl (C=O) groups excluding carboxylic acids is 1. The van der Waals surface area contributed by atoms with E-state index in [1.54, 1.807) is 0 Å². The van der Waals surface area contributed by atoms with Gasteiger partial charge in [-0.25, -0.2) is 0 Å². The molecule has 1 aromatic carbocycles. The number of carbonyl (C=O) groups is 1. The highest BCUT2D eigenvalue weighted by Gasteiger charge is 2.15. The quantitative estimate of drug-likeness (QED) is 0.873. The zero-order valence-electron chi connectivity index (χ0n) is 12.1. The van der Waals surface area contributed by atoms with Gasteiger partial charge in [0.25, 0.3) is 0 Å². The molecule has 0 saturated heterocycles. The monoisotopic (exact) mass is 284 g/mol. The predicted molar refractivity (Wildman–Crippen MR) is 82.7 cm³/mol. The van der Waals surface area contributed by atoms with Crippen LogP contribution < -0.4 is 5.73 Å². The van der Waals surface area contributed by atoms with Crippen LogP contribution in [0.2, 0.25) is 0 Å². The Morgan fingerprint density at radius 1 is 1.32 bits per heavy atom. The van der Waals surface area contributed by atoms with Crippen molar-refractivity contribution in [3.63, 3.8) is 0 Å². The number of amides is 1. The van der Waals surface area contributed by atoms with Crippen LogP contribution in [0.1, 0.15) is 30.9 Å². The van der Waals surface area contributed by atoms with Gasteiger partial charge >= 0.3 is 0 Å². The van der Waals surface area contributed by atoms with Crippen molar-refractivity contribution in [3.05, 3.63) is 35.4 Å². The van der Waals surface area contributed by atoms with Crippen LogP contribution in [0.15, 0.2) is 24.3 Å². The van der Waals surface area contributed by atoms with Crippen molar-refractivity contribution in [2.45, 2.75) is 39.2 Å². The maximum atomic E-state index is 11.9. The van der Waals surface area contributed by atoms with Crippen molar-refractivity contribution in [2.75, 3.05) is 13.6 Å². The molecule has 1 amide bonds. The molecule has 1 rings (SSSR count). The first kappa shape index (κ1) is 17.9. The van der Waals surface area contributed by atoms with Crippen molar-refractivity contribution in [1.82, 2.24) is 4.90 Å². The van der Waals surface area contributed by atoms with Crippen molar-refractivity contribution in [3.8, 4) is 0 Å². The zero-order valence-corrected chi connectivity index (χ0v) is 12.9. The lowest BCUT2D eigenvalue weighted by Gasteiger charge is -2.25. The first-order chi connectivity index (χ1) is 8.54. The number of halogens is 1. The van der Waals surface area contributed by atoms with Crippen molar-refractivity contribution in [1.29, 1.82) is 0 Å². The molecule has 3 nitrogen and oxygen atoms in total. The average molecular weight is 285 g/mol. The fourth-order valence-corrected chi connectivity index (χ4v) is 1.88. The summed E-state index contributed by atoms with van der Waals surface area (Å²) in [5.74, 6) is 0.181. The molecule has 0 radical (unpaired) electrons. The Bertz CT molecular complexity index is 378. The summed E-state index contributed by atoms with van der Waals surface area (Å²) in [5, 5.41) is 0. The lowest BCUT2D eigenvalue weighted by molar-refractivity contribution is -0.131. The summed E-state index contributed by atoms with van der Waals surface area (Å²) in [6, 6.07) is 8.70. The van der Waals surface area contributed by atoms with Gasteiger partial charge in [-0.2, -0.15) is 0 Å². The van der Waals surface area contributed by atoms with Gasteiger partial charge in [-0.1, -0.05) is 29.8 Å². The minimum atomic E-state index is 0. The molecule has 0 spiro atoms. The number of benzene rings is 1. The van der Waals surface area contributed by atoms with Crippen LogP contribution in [-0.2, 0) is 11.2 Å². The van der Waals surface area contributed by atoms with Gasteiger partial charge in [0.2, 0.25) is 5.91 Å². The third-order valence-electron chi connectivity index (χ3n) is 3.30. The Hall–Kier alpha value is -1.06. The minimum absolute atomic E-state index is 0. The van der Waals surface area contributed by atoms with Crippen molar-refractivity contribution in [2.24, 2.45) is 5.73 Å². The van der Waals surface area contributed by atoms with Crippen LogP contribution in [-0.4, -0.2) is 30.4 Å². The van der Waals surface area contributed by atoms with Crippen LogP contribution in [0.25, 0.3) is 0 Å². The van der Waals surface area contributed by atoms with Crippen LogP contribution >= 0.6 is 12.4 Å². The summed E-state index contributed by atoms with van der Waals surface area (Å²) in [7, 11) is 1.87. The summed E-state index contributed by atoms with van der Waals surface area (Å²) in [6.07, 6.45) is 2.21. The van der Waals surface area contributed by atoms with E-state index in [-0.39, 0.29) is 24.4 Å². The molecule has 4 heteroatoms. The third kappa shape index (κ3) is 6.08. The van der Waals surface area contributed by atoms with Gasteiger partial charge in [-0.15, -0.1) is 12.4 Å². The number of rotatable bonds is 6. The van der Waals surface area contributed by atoms with Gasteiger partial charge < -0.3 is 10.6 Å². The molecule has 1 unspecified atom stereocenters. The SMILES string of the molecule is Cc1ccc(CC(C)N(C)C(=O)CCCN)cc1.Cl. The molecule has 2 N–H and O–H groups in total. The average Bonchev–Trinajstić information content (AvgIpc) is 2.37. The first-order valence-electron chi connectivity index (χ1n) is 6.56. The fourth-order valence-electron chi connectivity index (χ4n) is 1.88. The molecular formula is C15H25ClN2O. The second-order valence-corrected chi connectivity index (χ2v) is 4.94. The molecule has 0 aliphatic heterocycles. The van der Waals surface area contributed by atoms with E-state index in [0.717, 1.165) is 12.8 Å².